The second-order valence-corrected chi connectivity index (χ2v) is 15.8. The maximum Gasteiger partial charge on any atom is 0.407 e. The Hall–Kier alpha value is -6.52. The minimum atomic E-state index is -1.28. The van der Waals surface area contributed by atoms with E-state index < -0.39 is 36.5 Å². The number of rotatable bonds is 12. The first-order chi connectivity index (χ1) is 29.5. The predicted octanol–water partition coefficient (Wildman–Crippen LogP) is 6.68. The molecule has 318 valence electrons. The van der Waals surface area contributed by atoms with Crippen molar-refractivity contribution >= 4 is 56.8 Å². The summed E-state index contributed by atoms with van der Waals surface area (Å²) in [5.41, 5.74) is 7.38. The first-order valence-electron chi connectivity index (χ1n) is 20.5. The van der Waals surface area contributed by atoms with Gasteiger partial charge in [-0.25, -0.2) is 19.6 Å². The number of alkyl carbamates (subject to hydrolysis) is 1. The number of hydrogen-bond donors (Lipinski definition) is 5. The van der Waals surface area contributed by atoms with Crippen molar-refractivity contribution < 1.29 is 38.5 Å². The molecule has 4 heterocycles. The molecule has 0 saturated carbocycles. The van der Waals surface area contributed by atoms with Crippen LogP contribution in [0.3, 0.4) is 0 Å². The number of carbonyl (C=O) groups excluding carboxylic acids is 3. The van der Waals surface area contributed by atoms with Gasteiger partial charge in [0, 0.05) is 27.3 Å². The molecule has 6 aromatic rings. The van der Waals surface area contributed by atoms with Crippen LogP contribution in [0.5, 0.6) is 0 Å². The Bertz CT molecular complexity index is 2620. The van der Waals surface area contributed by atoms with Gasteiger partial charge in [-0.15, -0.1) is 0 Å². The van der Waals surface area contributed by atoms with Gasteiger partial charge in [0.2, 0.25) is 11.8 Å². The molecule has 2 aromatic heterocycles. The Labute approximate surface area is 352 Å². The third kappa shape index (κ3) is 8.20. The number of carbonyl (C=O) groups is 4. The SMILES string of the molecule is COC(=O)NC(C(=O)N1CCC[C@H]1c1nc2cc(-c3ccc4cc(-c5ccc6[nH]c([C@@H]7CCCN7C(=O)C(NC(=O)O)C(C)OC)nc6c5)ccc4c3)ccc2[nH]1)C(C)OC. The summed E-state index contributed by atoms with van der Waals surface area (Å²) < 4.78 is 15.5. The van der Waals surface area contributed by atoms with E-state index in [0.29, 0.717) is 31.2 Å². The summed E-state index contributed by atoms with van der Waals surface area (Å²) in [6.45, 7) is 4.44. The molecule has 0 radical (unpaired) electrons. The van der Waals surface area contributed by atoms with Crippen molar-refractivity contribution in [1.82, 2.24) is 40.4 Å². The molecule has 0 bridgehead atoms. The number of nitrogens with one attached hydrogen (secondary N) is 4. The van der Waals surface area contributed by atoms with Crippen LogP contribution in [-0.4, -0.2) is 118 Å². The van der Waals surface area contributed by atoms with Crippen LogP contribution in [0.2, 0.25) is 0 Å². The number of benzene rings is 4. The van der Waals surface area contributed by atoms with Crippen molar-refractivity contribution in [3.63, 3.8) is 0 Å². The molecule has 8 rings (SSSR count). The van der Waals surface area contributed by atoms with Crippen LogP contribution in [0.25, 0.3) is 55.1 Å². The molecule has 4 aromatic carbocycles. The van der Waals surface area contributed by atoms with Crippen molar-refractivity contribution in [3.05, 3.63) is 84.4 Å². The van der Waals surface area contributed by atoms with E-state index in [2.05, 4.69) is 75.2 Å². The zero-order chi connectivity index (χ0) is 42.9. The van der Waals surface area contributed by atoms with Crippen LogP contribution in [0.1, 0.15) is 63.3 Å². The van der Waals surface area contributed by atoms with Crippen LogP contribution < -0.4 is 10.6 Å². The number of methoxy groups -OCH3 is 3. The molecule has 16 heteroatoms. The quantitative estimate of drug-likeness (QED) is 0.0885. The van der Waals surface area contributed by atoms with Gasteiger partial charge in [-0.05, 0) is 109 Å². The van der Waals surface area contributed by atoms with E-state index >= 15 is 0 Å². The summed E-state index contributed by atoms with van der Waals surface area (Å²) in [6.07, 6.45) is -0.163. The lowest BCUT2D eigenvalue weighted by Gasteiger charge is -2.30. The zero-order valence-electron chi connectivity index (χ0n) is 34.7. The lowest BCUT2D eigenvalue weighted by atomic mass is 9.97. The van der Waals surface area contributed by atoms with Gasteiger partial charge in [0.05, 0.1) is 53.5 Å². The third-order valence-corrected chi connectivity index (χ3v) is 12.2. The van der Waals surface area contributed by atoms with Crippen LogP contribution in [0.15, 0.2) is 72.8 Å². The monoisotopic (exact) mass is 830 g/mol. The lowest BCUT2D eigenvalue weighted by Crippen LogP contribution is -2.54. The highest BCUT2D eigenvalue weighted by Gasteiger charge is 2.40. The normalized spacial score (nSPS) is 18.6. The summed E-state index contributed by atoms with van der Waals surface area (Å²) in [6, 6.07) is 22.4. The van der Waals surface area contributed by atoms with E-state index in [4.69, 9.17) is 24.2 Å². The molecule has 5 N–H and O–H groups in total. The number of fused-ring (bicyclic) bond motifs is 3. The number of imidazole rings is 2. The molecule has 2 aliphatic rings. The number of hydrogen-bond acceptors (Lipinski definition) is 9. The molecule has 6 atom stereocenters. The van der Waals surface area contributed by atoms with E-state index in [9.17, 15) is 24.3 Å². The summed E-state index contributed by atoms with van der Waals surface area (Å²) in [4.78, 5) is 71.1. The van der Waals surface area contributed by atoms with Crippen molar-refractivity contribution in [2.75, 3.05) is 34.4 Å². The van der Waals surface area contributed by atoms with Gasteiger partial charge in [0.1, 0.15) is 23.7 Å². The zero-order valence-corrected chi connectivity index (χ0v) is 34.7. The maximum absolute atomic E-state index is 13.7. The Balaban J connectivity index is 0.995. The summed E-state index contributed by atoms with van der Waals surface area (Å²) in [5, 5.41) is 16.5. The van der Waals surface area contributed by atoms with Crippen molar-refractivity contribution in [2.45, 2.75) is 75.9 Å². The van der Waals surface area contributed by atoms with Crippen LogP contribution in [0.4, 0.5) is 9.59 Å². The Morgan fingerprint density at radius 2 is 1.08 bits per heavy atom. The molecule has 2 fully saturated rings. The molecule has 61 heavy (non-hydrogen) atoms. The number of aromatic nitrogens is 4. The number of carboxylic acid groups (broad SMARTS) is 1. The second-order valence-electron chi connectivity index (χ2n) is 15.8. The van der Waals surface area contributed by atoms with Crippen LogP contribution in [0, 0.1) is 0 Å². The number of nitrogens with zero attached hydrogens (tertiary/aromatic N) is 4. The van der Waals surface area contributed by atoms with Gasteiger partial charge < -0.3 is 49.7 Å². The fourth-order valence-corrected chi connectivity index (χ4v) is 8.67. The minimum absolute atomic E-state index is 0.249. The fourth-order valence-electron chi connectivity index (χ4n) is 8.67. The second kappa shape index (κ2) is 17.2. The van der Waals surface area contributed by atoms with Gasteiger partial charge in [-0.1, -0.05) is 36.4 Å². The van der Waals surface area contributed by atoms with Crippen molar-refractivity contribution in [2.24, 2.45) is 0 Å². The number of aromatic amines is 2. The standard InChI is InChI=1S/C45H50N8O8/c1-24(59-3)38(50-44(56)57)42(54)52-18-6-8-36(52)40-46-32-16-14-30(22-34(32)48-40)28-12-10-27-21-29(13-11-26(27)20-28)31-15-17-33-35(23-31)49-41(47-33)37-9-7-19-53(37)43(55)39(25(2)60-4)51-45(58)61-5/h10-17,20-25,36-39,50H,6-9,18-19H2,1-5H3,(H,46,48)(H,47,49)(H,51,58)(H,56,57)/t24?,25?,36-,37-,38?,39?/m0/s1. The van der Waals surface area contributed by atoms with E-state index in [0.717, 1.165) is 74.4 Å². The Morgan fingerprint density at radius 3 is 1.51 bits per heavy atom. The van der Waals surface area contributed by atoms with Crippen molar-refractivity contribution in [1.29, 1.82) is 0 Å². The molecule has 0 spiro atoms. The van der Waals surface area contributed by atoms with Gasteiger partial charge in [-0.2, -0.15) is 0 Å². The van der Waals surface area contributed by atoms with Gasteiger partial charge in [0.25, 0.3) is 0 Å². The van der Waals surface area contributed by atoms with Crippen LogP contribution >= 0.6 is 0 Å². The smallest absolute Gasteiger partial charge is 0.407 e. The molecule has 2 aliphatic heterocycles. The fraction of sp³-hybridized carbons (Fsp3) is 0.378. The van der Waals surface area contributed by atoms with Crippen LogP contribution in [-0.2, 0) is 23.8 Å². The molecular formula is C45H50N8O8. The first kappa shape index (κ1) is 41.2. The molecule has 0 aliphatic carbocycles. The van der Waals surface area contributed by atoms with E-state index in [1.807, 2.05) is 18.2 Å². The molecule has 16 nitrogen and oxygen atoms in total. The first-order valence-corrected chi connectivity index (χ1v) is 20.5. The largest absolute Gasteiger partial charge is 0.465 e. The van der Waals surface area contributed by atoms with E-state index in [-0.39, 0.29) is 23.9 Å². The van der Waals surface area contributed by atoms with Gasteiger partial charge in [0.15, 0.2) is 0 Å². The molecule has 4 unspecified atom stereocenters. The topological polar surface area (TPSA) is 204 Å². The number of amides is 4. The average Bonchev–Trinajstić information content (AvgIpc) is 4.11. The highest BCUT2D eigenvalue weighted by Crippen LogP contribution is 2.36. The third-order valence-electron chi connectivity index (χ3n) is 12.2. The highest BCUT2D eigenvalue weighted by molar-refractivity contribution is 5.93. The van der Waals surface area contributed by atoms with Crippen molar-refractivity contribution in [3.8, 4) is 22.3 Å². The average molecular weight is 831 g/mol. The highest BCUT2D eigenvalue weighted by atomic mass is 16.5. The minimum Gasteiger partial charge on any atom is -0.465 e. The number of H-pyrrole nitrogens is 2. The summed E-state index contributed by atoms with van der Waals surface area (Å²) in [5.74, 6) is 0.776. The summed E-state index contributed by atoms with van der Waals surface area (Å²) in [7, 11) is 4.21. The number of likely N-dealkylation sites (tertiary alicyclic amines) is 2. The predicted molar refractivity (Wildman–Crippen MR) is 229 cm³/mol. The molecule has 2 saturated heterocycles. The van der Waals surface area contributed by atoms with E-state index in [1.165, 1.54) is 21.3 Å². The molecular weight excluding hydrogens is 781 g/mol. The lowest BCUT2D eigenvalue weighted by molar-refractivity contribution is -0.138. The molecule has 4 amide bonds. The Kier molecular flexibility index (Phi) is 11.6. The van der Waals surface area contributed by atoms with Gasteiger partial charge >= 0.3 is 12.2 Å². The van der Waals surface area contributed by atoms with E-state index in [1.54, 1.807) is 23.6 Å². The Morgan fingerprint density at radius 1 is 0.656 bits per heavy atom. The van der Waals surface area contributed by atoms with Gasteiger partial charge in [-0.3, -0.25) is 9.59 Å². The number of ether oxygens (including phenoxy) is 3. The summed E-state index contributed by atoms with van der Waals surface area (Å²) >= 11 is 0. The maximum atomic E-state index is 13.7.